The van der Waals surface area contributed by atoms with Gasteiger partial charge in [0.2, 0.25) is 0 Å². The van der Waals surface area contributed by atoms with Crippen molar-refractivity contribution in [2.24, 2.45) is 0 Å². The molecule has 8 heteroatoms. The molecule has 2 N–H and O–H groups in total. The highest BCUT2D eigenvalue weighted by Gasteiger charge is 2.23. The van der Waals surface area contributed by atoms with Crippen molar-refractivity contribution in [3.63, 3.8) is 0 Å². The van der Waals surface area contributed by atoms with Gasteiger partial charge in [0, 0.05) is 42.1 Å². The van der Waals surface area contributed by atoms with Crippen LogP contribution in [-0.4, -0.2) is 65.2 Å². The van der Waals surface area contributed by atoms with Crippen LogP contribution in [0.4, 0.5) is 16.3 Å². The second kappa shape index (κ2) is 11.7. The molecular weight excluding hydrogens is 488 g/mol. The molecule has 39 heavy (non-hydrogen) atoms. The maximum Gasteiger partial charge on any atom is 0.324 e. The summed E-state index contributed by atoms with van der Waals surface area (Å²) in [5.74, 6) is 0.481. The zero-order valence-electron chi connectivity index (χ0n) is 23.7. The van der Waals surface area contributed by atoms with Crippen molar-refractivity contribution in [1.29, 1.82) is 0 Å². The molecule has 0 bridgehead atoms. The molecule has 0 atom stereocenters. The summed E-state index contributed by atoms with van der Waals surface area (Å²) in [6.07, 6.45) is 0. The normalized spacial score (nSPS) is 11.6. The largest absolute Gasteiger partial charge is 0.338 e. The highest BCUT2D eigenvalue weighted by molar-refractivity contribution is 6.06. The fourth-order valence-electron chi connectivity index (χ4n) is 4.32. The number of fused-ring (bicyclic) bond motifs is 1. The van der Waals surface area contributed by atoms with Gasteiger partial charge in [0.05, 0.1) is 17.1 Å². The Morgan fingerprint density at radius 3 is 2.33 bits per heavy atom. The van der Waals surface area contributed by atoms with Crippen molar-refractivity contribution in [2.75, 3.05) is 44.4 Å². The molecule has 4 aromatic rings. The molecule has 0 aliphatic heterocycles. The van der Waals surface area contributed by atoms with Gasteiger partial charge in [-0.3, -0.25) is 10.1 Å². The van der Waals surface area contributed by atoms with E-state index in [9.17, 15) is 9.59 Å². The quantitative estimate of drug-likeness (QED) is 0.295. The van der Waals surface area contributed by atoms with E-state index in [-0.39, 0.29) is 17.4 Å². The van der Waals surface area contributed by atoms with Gasteiger partial charge in [0.25, 0.3) is 5.91 Å². The molecule has 0 saturated heterocycles. The molecule has 0 radical (unpaired) electrons. The minimum absolute atomic E-state index is 0.0346. The van der Waals surface area contributed by atoms with Crippen molar-refractivity contribution in [2.45, 2.75) is 33.1 Å². The fraction of sp³-hybridized carbons (Fsp3) is 0.323. The van der Waals surface area contributed by atoms with Crippen LogP contribution < -0.4 is 10.6 Å². The summed E-state index contributed by atoms with van der Waals surface area (Å²) in [4.78, 5) is 30.4. The van der Waals surface area contributed by atoms with E-state index in [0.29, 0.717) is 30.2 Å². The van der Waals surface area contributed by atoms with Crippen LogP contribution in [0.25, 0.3) is 16.5 Å². The molecule has 0 aliphatic rings. The van der Waals surface area contributed by atoms with E-state index >= 15 is 0 Å². The van der Waals surface area contributed by atoms with Crippen LogP contribution in [0.15, 0.2) is 72.8 Å². The first-order valence-electron chi connectivity index (χ1n) is 13.3. The topological polar surface area (TPSA) is 82.5 Å². The number of anilines is 2. The average Bonchev–Trinajstić information content (AvgIpc) is 3.33. The maximum absolute atomic E-state index is 13.3. The number of rotatable bonds is 8. The third-order valence-electron chi connectivity index (χ3n) is 6.58. The molecule has 0 unspecified atom stereocenters. The Kier molecular flexibility index (Phi) is 8.35. The number of benzene rings is 3. The summed E-state index contributed by atoms with van der Waals surface area (Å²) in [6, 6.07) is 22.6. The first-order chi connectivity index (χ1) is 18.6. The molecule has 0 aliphatic carbocycles. The number of urea groups is 1. The minimum atomic E-state index is -0.374. The summed E-state index contributed by atoms with van der Waals surface area (Å²) in [7, 11) is 3.99. The number of hydrogen-bond donors (Lipinski definition) is 2. The smallest absolute Gasteiger partial charge is 0.324 e. The summed E-state index contributed by atoms with van der Waals surface area (Å²) in [5.41, 5.74) is 2.57. The lowest BCUT2D eigenvalue weighted by Crippen LogP contribution is -2.36. The highest BCUT2D eigenvalue weighted by atomic mass is 16.2. The predicted octanol–water partition coefficient (Wildman–Crippen LogP) is 5.99. The van der Waals surface area contributed by atoms with Gasteiger partial charge in [-0.2, -0.15) is 5.10 Å². The van der Waals surface area contributed by atoms with Crippen molar-refractivity contribution in [3.05, 3.63) is 84.1 Å². The lowest BCUT2D eigenvalue weighted by molar-refractivity contribution is 0.0754. The van der Waals surface area contributed by atoms with Gasteiger partial charge in [-0.1, -0.05) is 63.2 Å². The molecule has 8 nitrogen and oxygen atoms in total. The fourth-order valence-corrected chi connectivity index (χ4v) is 4.32. The van der Waals surface area contributed by atoms with Crippen LogP contribution in [-0.2, 0) is 5.41 Å². The van der Waals surface area contributed by atoms with Gasteiger partial charge in [0.15, 0.2) is 0 Å². The Hall–Kier alpha value is -4.17. The second-order valence-electron chi connectivity index (χ2n) is 10.9. The van der Waals surface area contributed by atoms with Crippen molar-refractivity contribution in [1.82, 2.24) is 19.6 Å². The Labute approximate surface area is 230 Å². The molecule has 4 rings (SSSR count). The zero-order chi connectivity index (χ0) is 28.2. The summed E-state index contributed by atoms with van der Waals surface area (Å²) in [5, 5.41) is 12.8. The monoisotopic (exact) mass is 526 g/mol. The SMILES string of the molecule is CCN(CCN(C)C)C(=O)c1cccc(-n2nc(C(C)(C)C)cc2NC(=O)Nc2cccc3ccccc23)c1. The van der Waals surface area contributed by atoms with E-state index in [1.807, 2.05) is 98.7 Å². The number of carbonyl (C=O) groups is 2. The van der Waals surface area contributed by atoms with E-state index in [0.717, 1.165) is 28.7 Å². The predicted molar refractivity (Wildman–Crippen MR) is 159 cm³/mol. The van der Waals surface area contributed by atoms with Crippen LogP contribution in [0, 0.1) is 0 Å². The molecule has 1 heterocycles. The first-order valence-corrected chi connectivity index (χ1v) is 13.3. The molecule has 3 aromatic carbocycles. The summed E-state index contributed by atoms with van der Waals surface area (Å²) in [6.45, 7) is 10.2. The average molecular weight is 527 g/mol. The summed E-state index contributed by atoms with van der Waals surface area (Å²) < 4.78 is 1.69. The number of amides is 3. The van der Waals surface area contributed by atoms with Crippen LogP contribution in [0.1, 0.15) is 43.7 Å². The van der Waals surface area contributed by atoms with E-state index in [1.165, 1.54) is 0 Å². The van der Waals surface area contributed by atoms with E-state index in [4.69, 9.17) is 5.10 Å². The van der Waals surface area contributed by atoms with Gasteiger partial charge in [-0.25, -0.2) is 9.48 Å². The third kappa shape index (κ3) is 6.64. The van der Waals surface area contributed by atoms with Crippen molar-refractivity contribution in [3.8, 4) is 5.69 Å². The van der Waals surface area contributed by atoms with Crippen molar-refractivity contribution >= 4 is 34.2 Å². The Bertz CT molecular complexity index is 1460. The molecule has 0 spiro atoms. The third-order valence-corrected chi connectivity index (χ3v) is 6.58. The highest BCUT2D eigenvalue weighted by Crippen LogP contribution is 2.28. The maximum atomic E-state index is 13.3. The van der Waals surface area contributed by atoms with E-state index in [2.05, 4.69) is 36.3 Å². The summed E-state index contributed by atoms with van der Waals surface area (Å²) >= 11 is 0. The molecule has 0 fully saturated rings. The second-order valence-corrected chi connectivity index (χ2v) is 10.9. The standard InChI is InChI=1S/C31H38N6O2/c1-7-36(19-18-35(5)6)29(38)23-14-10-15-24(20-23)37-28(21-27(34-37)31(2,3)4)33-30(39)32-26-17-11-13-22-12-8-9-16-25(22)26/h8-17,20-21H,7,18-19H2,1-6H3,(H2,32,33,39). The number of nitrogens with one attached hydrogen (secondary N) is 2. The first kappa shape index (κ1) is 27.9. The molecular formula is C31H38N6O2. The number of nitrogens with zero attached hydrogens (tertiary/aromatic N) is 4. The Morgan fingerprint density at radius 2 is 1.62 bits per heavy atom. The van der Waals surface area contributed by atoms with Gasteiger partial charge in [-0.05, 0) is 50.7 Å². The Balaban J connectivity index is 1.63. The van der Waals surface area contributed by atoms with Gasteiger partial charge < -0.3 is 15.1 Å². The molecule has 1 aromatic heterocycles. The van der Waals surface area contributed by atoms with Gasteiger partial charge in [0.1, 0.15) is 5.82 Å². The molecule has 0 saturated carbocycles. The lowest BCUT2D eigenvalue weighted by Gasteiger charge is -2.23. The van der Waals surface area contributed by atoms with Crippen LogP contribution in [0.3, 0.4) is 0 Å². The van der Waals surface area contributed by atoms with Gasteiger partial charge >= 0.3 is 6.03 Å². The Morgan fingerprint density at radius 1 is 0.897 bits per heavy atom. The minimum Gasteiger partial charge on any atom is -0.338 e. The number of carbonyl (C=O) groups excluding carboxylic acids is 2. The van der Waals surface area contributed by atoms with Crippen LogP contribution in [0.5, 0.6) is 0 Å². The van der Waals surface area contributed by atoms with E-state index < -0.39 is 0 Å². The number of likely N-dealkylation sites (N-methyl/N-ethyl adjacent to an activating group) is 2. The number of hydrogen-bond acceptors (Lipinski definition) is 4. The molecule has 204 valence electrons. The molecule has 3 amide bonds. The van der Waals surface area contributed by atoms with Crippen LogP contribution in [0.2, 0.25) is 0 Å². The van der Waals surface area contributed by atoms with Crippen molar-refractivity contribution < 1.29 is 9.59 Å². The zero-order valence-corrected chi connectivity index (χ0v) is 23.7. The van der Waals surface area contributed by atoms with Gasteiger partial charge in [-0.15, -0.1) is 0 Å². The number of aromatic nitrogens is 2. The van der Waals surface area contributed by atoms with E-state index in [1.54, 1.807) is 4.68 Å². The lowest BCUT2D eigenvalue weighted by atomic mass is 9.92. The van der Waals surface area contributed by atoms with Crippen LogP contribution >= 0.6 is 0 Å².